The Kier molecular flexibility index (Phi) is 4.16. The Balaban J connectivity index is 2.23. The first kappa shape index (κ1) is 13.3. The number of aromatic nitrogens is 2. The number of carbonyl (C=O) groups excluding carboxylic acids is 1. The first-order valence-electron chi connectivity index (χ1n) is 6.21. The van der Waals surface area contributed by atoms with Gasteiger partial charge in [0, 0.05) is 11.3 Å². The van der Waals surface area contributed by atoms with Gasteiger partial charge in [0.2, 0.25) is 0 Å². The molecular weight excluding hydrogens is 250 g/mol. The monoisotopic (exact) mass is 269 g/mol. The molecule has 0 aromatic carbocycles. The highest BCUT2D eigenvalue weighted by Gasteiger charge is 2.31. The molecule has 0 radical (unpaired) electrons. The van der Waals surface area contributed by atoms with Crippen LogP contribution in [0.5, 0.6) is 0 Å². The van der Waals surface area contributed by atoms with Gasteiger partial charge in [-0.3, -0.25) is 0 Å². The van der Waals surface area contributed by atoms with E-state index in [2.05, 4.69) is 16.6 Å². The maximum atomic E-state index is 11.5. The first-order valence-corrected chi connectivity index (χ1v) is 7.26. The summed E-state index contributed by atoms with van der Waals surface area (Å²) in [5.41, 5.74) is 6.23. The maximum absolute atomic E-state index is 11.5. The van der Waals surface area contributed by atoms with Crippen LogP contribution in [0.3, 0.4) is 0 Å². The number of thioether (sulfide) groups is 1. The van der Waals surface area contributed by atoms with Gasteiger partial charge in [-0.05, 0) is 18.6 Å². The van der Waals surface area contributed by atoms with E-state index in [-0.39, 0.29) is 5.69 Å². The van der Waals surface area contributed by atoms with Crippen molar-refractivity contribution in [3.8, 4) is 0 Å². The van der Waals surface area contributed by atoms with Crippen LogP contribution in [-0.4, -0.2) is 33.6 Å². The molecule has 2 rings (SSSR count). The quantitative estimate of drug-likeness (QED) is 0.848. The summed E-state index contributed by atoms with van der Waals surface area (Å²) < 4.78 is 6.60. The highest BCUT2D eigenvalue weighted by Crippen LogP contribution is 2.39. The van der Waals surface area contributed by atoms with Crippen LogP contribution in [0, 0.1) is 0 Å². The lowest BCUT2D eigenvalue weighted by atomic mass is 10.2. The topological polar surface area (TPSA) is 70.1 Å². The number of esters is 1. The molecule has 100 valence electrons. The molecule has 1 heterocycles. The Morgan fingerprint density at radius 3 is 3.11 bits per heavy atom. The molecule has 1 aromatic heterocycles. The van der Waals surface area contributed by atoms with Crippen molar-refractivity contribution >= 4 is 23.5 Å². The molecule has 6 heteroatoms. The van der Waals surface area contributed by atoms with Crippen molar-refractivity contribution < 1.29 is 9.53 Å². The molecule has 0 amide bonds. The third kappa shape index (κ3) is 2.34. The smallest absolute Gasteiger partial charge is 0.360 e. The number of carbonyl (C=O) groups is 1. The van der Waals surface area contributed by atoms with E-state index < -0.39 is 5.97 Å². The Morgan fingerprint density at radius 1 is 1.67 bits per heavy atom. The molecule has 2 unspecified atom stereocenters. The van der Waals surface area contributed by atoms with Crippen molar-refractivity contribution in [2.24, 2.45) is 0 Å². The van der Waals surface area contributed by atoms with Gasteiger partial charge in [0.05, 0.1) is 13.4 Å². The van der Waals surface area contributed by atoms with E-state index >= 15 is 0 Å². The number of imidazole rings is 1. The number of rotatable bonds is 4. The number of nitrogens with two attached hydrogens (primary N) is 1. The second-order valence-corrected chi connectivity index (χ2v) is 5.89. The molecule has 2 N–H and O–H groups in total. The number of hydrogen-bond donors (Lipinski definition) is 1. The van der Waals surface area contributed by atoms with Gasteiger partial charge < -0.3 is 15.0 Å². The molecule has 2 atom stereocenters. The van der Waals surface area contributed by atoms with E-state index in [1.165, 1.54) is 20.0 Å². The van der Waals surface area contributed by atoms with E-state index in [0.717, 1.165) is 12.2 Å². The molecule has 0 spiro atoms. The van der Waals surface area contributed by atoms with Gasteiger partial charge in [-0.25, -0.2) is 9.78 Å². The van der Waals surface area contributed by atoms with Crippen LogP contribution < -0.4 is 5.73 Å². The van der Waals surface area contributed by atoms with Crippen LogP contribution in [-0.2, 0) is 4.74 Å². The van der Waals surface area contributed by atoms with Crippen LogP contribution in [0.25, 0.3) is 0 Å². The largest absolute Gasteiger partial charge is 0.464 e. The van der Waals surface area contributed by atoms with Gasteiger partial charge in [-0.1, -0.05) is 13.3 Å². The third-order valence-corrected chi connectivity index (χ3v) is 4.68. The van der Waals surface area contributed by atoms with Crippen LogP contribution in [0.15, 0.2) is 6.33 Å². The Hall–Kier alpha value is -1.17. The molecular formula is C12H19N3O2S. The van der Waals surface area contributed by atoms with E-state index in [1.54, 1.807) is 6.33 Å². The second kappa shape index (κ2) is 5.65. The van der Waals surface area contributed by atoms with Gasteiger partial charge in [0.25, 0.3) is 0 Å². The van der Waals surface area contributed by atoms with Crippen LogP contribution in [0.1, 0.15) is 42.7 Å². The van der Waals surface area contributed by atoms with Crippen molar-refractivity contribution in [3.05, 3.63) is 12.0 Å². The van der Waals surface area contributed by atoms with Crippen molar-refractivity contribution in [3.63, 3.8) is 0 Å². The fourth-order valence-corrected chi connectivity index (χ4v) is 3.77. The van der Waals surface area contributed by atoms with Crippen LogP contribution in [0.2, 0.25) is 0 Å². The van der Waals surface area contributed by atoms with Crippen molar-refractivity contribution in [2.75, 3.05) is 18.6 Å². The van der Waals surface area contributed by atoms with Gasteiger partial charge in [0.1, 0.15) is 5.82 Å². The molecule has 1 aromatic rings. The summed E-state index contributed by atoms with van der Waals surface area (Å²) in [5.74, 6) is 1.05. The molecule has 5 nitrogen and oxygen atoms in total. The van der Waals surface area contributed by atoms with E-state index in [1.807, 2.05) is 16.3 Å². The summed E-state index contributed by atoms with van der Waals surface area (Å²) in [6.45, 7) is 2.16. The van der Waals surface area contributed by atoms with Crippen LogP contribution in [0.4, 0.5) is 5.82 Å². The molecule has 1 fully saturated rings. The predicted molar refractivity (Wildman–Crippen MR) is 72.8 cm³/mol. The van der Waals surface area contributed by atoms with E-state index in [9.17, 15) is 4.79 Å². The van der Waals surface area contributed by atoms with Gasteiger partial charge in [-0.15, -0.1) is 0 Å². The minimum absolute atomic E-state index is 0.227. The zero-order chi connectivity index (χ0) is 13.1. The highest BCUT2D eigenvalue weighted by atomic mass is 32.2. The maximum Gasteiger partial charge on any atom is 0.360 e. The van der Waals surface area contributed by atoms with Gasteiger partial charge >= 0.3 is 5.97 Å². The molecule has 1 saturated carbocycles. The summed E-state index contributed by atoms with van der Waals surface area (Å²) in [6, 6.07) is 0.348. The zero-order valence-corrected chi connectivity index (χ0v) is 11.6. The van der Waals surface area contributed by atoms with Crippen LogP contribution >= 0.6 is 11.8 Å². The SMILES string of the molecule is CCSC1CCCC1n1cnc(C(=O)OC)c1N. The predicted octanol–water partition coefficient (Wildman–Crippen LogP) is 2.10. The number of methoxy groups -OCH3 is 1. The summed E-state index contributed by atoms with van der Waals surface area (Å²) in [5, 5.41) is 0.567. The summed E-state index contributed by atoms with van der Waals surface area (Å²) >= 11 is 1.95. The van der Waals surface area contributed by atoms with E-state index in [4.69, 9.17) is 5.73 Å². The Morgan fingerprint density at radius 2 is 2.44 bits per heavy atom. The molecule has 0 bridgehead atoms. The summed E-state index contributed by atoms with van der Waals surface area (Å²) in [7, 11) is 1.34. The third-order valence-electron chi connectivity index (χ3n) is 3.37. The van der Waals surface area contributed by atoms with E-state index in [0.29, 0.717) is 17.1 Å². The Labute approximate surface area is 111 Å². The molecule has 0 saturated heterocycles. The highest BCUT2D eigenvalue weighted by molar-refractivity contribution is 7.99. The fraction of sp³-hybridized carbons (Fsp3) is 0.667. The minimum atomic E-state index is -0.469. The fourth-order valence-electron chi connectivity index (χ4n) is 2.52. The molecule has 1 aliphatic carbocycles. The average molecular weight is 269 g/mol. The van der Waals surface area contributed by atoms with Crippen molar-refractivity contribution in [2.45, 2.75) is 37.5 Å². The zero-order valence-electron chi connectivity index (χ0n) is 10.8. The summed E-state index contributed by atoms with van der Waals surface area (Å²) in [6.07, 6.45) is 5.17. The lowest BCUT2D eigenvalue weighted by Crippen LogP contribution is -2.18. The lowest BCUT2D eigenvalue weighted by molar-refractivity contribution is 0.0596. The molecule has 0 aliphatic heterocycles. The first-order chi connectivity index (χ1) is 8.69. The second-order valence-electron chi connectivity index (χ2n) is 4.37. The molecule has 18 heavy (non-hydrogen) atoms. The minimum Gasteiger partial charge on any atom is -0.464 e. The average Bonchev–Trinajstić information content (AvgIpc) is 2.95. The van der Waals surface area contributed by atoms with Crippen molar-refractivity contribution in [1.82, 2.24) is 9.55 Å². The van der Waals surface area contributed by atoms with Crippen molar-refractivity contribution in [1.29, 1.82) is 0 Å². The van der Waals surface area contributed by atoms with Gasteiger partial charge in [0.15, 0.2) is 5.69 Å². The number of anilines is 1. The van der Waals surface area contributed by atoms with Gasteiger partial charge in [-0.2, -0.15) is 11.8 Å². The standard InChI is InChI=1S/C12H19N3O2S/c1-3-18-9-6-4-5-8(9)15-7-14-10(11(15)13)12(16)17-2/h7-9H,3-6,13H2,1-2H3. The Bertz CT molecular complexity index is 433. The number of nitrogens with zero attached hydrogens (tertiary/aromatic N) is 2. The number of ether oxygens (including phenoxy) is 1. The lowest BCUT2D eigenvalue weighted by Gasteiger charge is -2.21. The number of nitrogen functional groups attached to an aromatic ring is 1. The number of hydrogen-bond acceptors (Lipinski definition) is 5. The normalized spacial score (nSPS) is 23.2. The molecule has 1 aliphatic rings. The summed E-state index contributed by atoms with van der Waals surface area (Å²) in [4.78, 5) is 15.6.